The highest BCUT2D eigenvalue weighted by Gasteiger charge is 2.17. The van der Waals surface area contributed by atoms with Gasteiger partial charge in [-0.1, -0.05) is 6.07 Å². The molecule has 0 aliphatic heterocycles. The Balaban J connectivity index is 2.31. The topological polar surface area (TPSA) is 89.3 Å². The number of nitrogens with zero attached hydrogens (tertiary/aromatic N) is 1. The van der Waals surface area contributed by atoms with Gasteiger partial charge in [0.15, 0.2) is 0 Å². The van der Waals surface area contributed by atoms with Gasteiger partial charge in [-0.3, -0.25) is 14.8 Å². The molecule has 2 aromatic carbocycles. The van der Waals surface area contributed by atoms with Crippen LogP contribution in [0.15, 0.2) is 47.4 Å². The van der Waals surface area contributed by atoms with E-state index in [4.69, 9.17) is 0 Å². The lowest BCUT2D eigenvalue weighted by molar-refractivity contribution is -0.384. The van der Waals surface area contributed by atoms with Crippen molar-refractivity contribution in [3.63, 3.8) is 0 Å². The second-order valence-corrected chi connectivity index (χ2v) is 6.02. The molecule has 21 heavy (non-hydrogen) atoms. The molecule has 2 rings (SSSR count). The Morgan fingerprint density at radius 2 is 1.76 bits per heavy atom. The summed E-state index contributed by atoms with van der Waals surface area (Å²) in [5.74, 6) is -0.694. The summed E-state index contributed by atoms with van der Waals surface area (Å²) in [4.78, 5) is 9.70. The Morgan fingerprint density at radius 1 is 1.14 bits per heavy atom. The minimum atomic E-state index is -4.00. The molecule has 2 aromatic rings. The quantitative estimate of drug-likeness (QED) is 0.694. The summed E-state index contributed by atoms with van der Waals surface area (Å²) >= 11 is 0. The summed E-state index contributed by atoms with van der Waals surface area (Å²) in [6.07, 6.45) is 0. The van der Waals surface area contributed by atoms with E-state index >= 15 is 0 Å². The van der Waals surface area contributed by atoms with Gasteiger partial charge in [-0.2, -0.15) is 0 Å². The third kappa shape index (κ3) is 3.34. The molecule has 110 valence electrons. The van der Waals surface area contributed by atoms with Crippen molar-refractivity contribution in [2.24, 2.45) is 0 Å². The Hall–Kier alpha value is -2.48. The maximum Gasteiger partial charge on any atom is 0.269 e. The van der Waals surface area contributed by atoms with Crippen molar-refractivity contribution < 1.29 is 17.7 Å². The monoisotopic (exact) mass is 310 g/mol. The number of hydrogen-bond acceptors (Lipinski definition) is 4. The summed E-state index contributed by atoms with van der Waals surface area (Å²) in [5.41, 5.74) is 0.250. The highest BCUT2D eigenvalue weighted by atomic mass is 32.2. The second kappa shape index (κ2) is 5.49. The van der Waals surface area contributed by atoms with Crippen molar-refractivity contribution in [2.45, 2.75) is 11.8 Å². The summed E-state index contributed by atoms with van der Waals surface area (Å²) < 4.78 is 39.9. The van der Waals surface area contributed by atoms with Crippen molar-refractivity contribution >= 4 is 21.4 Å². The maximum atomic E-state index is 13.7. The van der Waals surface area contributed by atoms with Crippen LogP contribution in [0.1, 0.15) is 5.56 Å². The van der Waals surface area contributed by atoms with Gasteiger partial charge in [-0.25, -0.2) is 12.8 Å². The van der Waals surface area contributed by atoms with E-state index in [9.17, 15) is 22.9 Å². The molecule has 0 saturated carbocycles. The van der Waals surface area contributed by atoms with E-state index in [1.165, 1.54) is 12.1 Å². The van der Waals surface area contributed by atoms with Crippen LogP contribution in [0.3, 0.4) is 0 Å². The zero-order valence-electron chi connectivity index (χ0n) is 10.9. The molecule has 6 nitrogen and oxygen atoms in total. The molecule has 8 heteroatoms. The zero-order valence-corrected chi connectivity index (χ0v) is 11.7. The van der Waals surface area contributed by atoms with E-state index in [1.54, 1.807) is 13.0 Å². The number of sulfonamides is 1. The van der Waals surface area contributed by atoms with Gasteiger partial charge in [0.2, 0.25) is 0 Å². The van der Waals surface area contributed by atoms with Crippen molar-refractivity contribution in [1.82, 2.24) is 0 Å². The lowest BCUT2D eigenvalue weighted by atomic mass is 10.2. The SMILES string of the molecule is Cc1ccc(NS(=O)(=O)c2ccc([N+](=O)[O-])cc2)c(F)c1. The van der Waals surface area contributed by atoms with E-state index in [0.29, 0.717) is 5.56 Å². The van der Waals surface area contributed by atoms with Gasteiger partial charge in [-0.15, -0.1) is 0 Å². The van der Waals surface area contributed by atoms with Crippen LogP contribution >= 0.6 is 0 Å². The first-order valence-electron chi connectivity index (χ1n) is 5.83. The molecule has 0 aromatic heterocycles. The molecule has 0 bridgehead atoms. The third-order valence-corrected chi connectivity index (χ3v) is 4.11. The molecular formula is C13H11FN2O4S. The highest BCUT2D eigenvalue weighted by molar-refractivity contribution is 7.92. The minimum Gasteiger partial charge on any atom is -0.277 e. The number of non-ortho nitro benzene ring substituents is 1. The van der Waals surface area contributed by atoms with Crippen molar-refractivity contribution in [2.75, 3.05) is 4.72 Å². The van der Waals surface area contributed by atoms with E-state index in [-0.39, 0.29) is 16.3 Å². The highest BCUT2D eigenvalue weighted by Crippen LogP contribution is 2.21. The zero-order chi connectivity index (χ0) is 15.6. The Labute approximate surface area is 120 Å². The van der Waals surface area contributed by atoms with Gasteiger partial charge >= 0.3 is 0 Å². The predicted molar refractivity (Wildman–Crippen MR) is 75.0 cm³/mol. The predicted octanol–water partition coefficient (Wildman–Crippen LogP) is 2.84. The van der Waals surface area contributed by atoms with Crippen molar-refractivity contribution in [3.05, 3.63) is 64.0 Å². The summed E-state index contributed by atoms with van der Waals surface area (Å²) in [5, 5.41) is 10.5. The Kier molecular flexibility index (Phi) is 3.90. The van der Waals surface area contributed by atoms with Gasteiger partial charge in [0.1, 0.15) is 5.82 Å². The molecule has 0 aliphatic rings. The lowest BCUT2D eigenvalue weighted by Crippen LogP contribution is -2.14. The number of hydrogen-bond donors (Lipinski definition) is 1. The van der Waals surface area contributed by atoms with Crippen LogP contribution < -0.4 is 4.72 Å². The van der Waals surface area contributed by atoms with Gasteiger partial charge in [0.05, 0.1) is 15.5 Å². The lowest BCUT2D eigenvalue weighted by Gasteiger charge is -2.09. The van der Waals surface area contributed by atoms with Gasteiger partial charge in [-0.05, 0) is 36.8 Å². The van der Waals surface area contributed by atoms with E-state index in [2.05, 4.69) is 4.72 Å². The molecule has 0 heterocycles. The number of nitro groups is 1. The number of nitrogens with one attached hydrogen (secondary N) is 1. The standard InChI is InChI=1S/C13H11FN2O4S/c1-9-2-7-13(12(14)8-9)15-21(19,20)11-5-3-10(4-6-11)16(17)18/h2-8,15H,1H3. The third-order valence-electron chi connectivity index (χ3n) is 2.73. The van der Waals surface area contributed by atoms with E-state index in [1.807, 2.05) is 0 Å². The fourth-order valence-electron chi connectivity index (χ4n) is 1.65. The molecule has 0 fully saturated rings. The average molecular weight is 310 g/mol. The first-order chi connectivity index (χ1) is 9.79. The molecule has 0 saturated heterocycles. The maximum absolute atomic E-state index is 13.7. The van der Waals surface area contributed by atoms with Crippen LogP contribution in [-0.2, 0) is 10.0 Å². The fourth-order valence-corrected chi connectivity index (χ4v) is 2.72. The van der Waals surface area contributed by atoms with Crippen LogP contribution in [0.25, 0.3) is 0 Å². The summed E-state index contributed by atoms with van der Waals surface area (Å²) in [6, 6.07) is 8.40. The van der Waals surface area contributed by atoms with Crippen molar-refractivity contribution in [3.8, 4) is 0 Å². The number of halogens is 1. The number of rotatable bonds is 4. The van der Waals surface area contributed by atoms with Crippen LogP contribution in [-0.4, -0.2) is 13.3 Å². The Morgan fingerprint density at radius 3 is 2.29 bits per heavy atom. The molecule has 0 amide bonds. The number of nitro benzene ring substituents is 1. The van der Waals surface area contributed by atoms with Gasteiger partial charge < -0.3 is 0 Å². The second-order valence-electron chi connectivity index (χ2n) is 4.34. The van der Waals surface area contributed by atoms with Gasteiger partial charge in [0.25, 0.3) is 15.7 Å². The summed E-state index contributed by atoms with van der Waals surface area (Å²) in [7, 11) is -4.00. The van der Waals surface area contributed by atoms with Crippen LogP contribution in [0.2, 0.25) is 0 Å². The van der Waals surface area contributed by atoms with Crippen molar-refractivity contribution in [1.29, 1.82) is 0 Å². The largest absolute Gasteiger partial charge is 0.277 e. The molecule has 0 aliphatic carbocycles. The van der Waals surface area contributed by atoms with E-state index in [0.717, 1.165) is 24.3 Å². The fraction of sp³-hybridized carbons (Fsp3) is 0.0769. The molecular weight excluding hydrogens is 299 g/mol. The minimum absolute atomic E-state index is 0.182. The molecule has 0 spiro atoms. The van der Waals surface area contributed by atoms with Crippen LogP contribution in [0.4, 0.5) is 15.8 Å². The number of anilines is 1. The van der Waals surface area contributed by atoms with Gasteiger partial charge in [0, 0.05) is 12.1 Å². The smallest absolute Gasteiger partial charge is 0.269 e. The van der Waals surface area contributed by atoms with Crippen LogP contribution in [0, 0.1) is 22.9 Å². The molecule has 0 unspecified atom stereocenters. The normalized spacial score (nSPS) is 11.1. The Bertz CT molecular complexity index is 788. The molecule has 0 atom stereocenters. The number of aryl methyl sites for hydroxylation is 1. The number of benzene rings is 2. The average Bonchev–Trinajstić information content (AvgIpc) is 2.42. The van der Waals surface area contributed by atoms with E-state index < -0.39 is 20.8 Å². The first kappa shape index (κ1) is 14.9. The molecule has 0 radical (unpaired) electrons. The summed E-state index contributed by atoms with van der Waals surface area (Å²) in [6.45, 7) is 1.68. The first-order valence-corrected chi connectivity index (χ1v) is 7.31. The molecule has 1 N–H and O–H groups in total. The van der Waals surface area contributed by atoms with Crippen LogP contribution in [0.5, 0.6) is 0 Å².